The molecule has 0 atom stereocenters. The summed E-state index contributed by atoms with van der Waals surface area (Å²) in [6.45, 7) is 2.79. The van der Waals surface area contributed by atoms with Gasteiger partial charge in [0.2, 0.25) is 0 Å². The highest BCUT2D eigenvalue weighted by Gasteiger charge is 2.11. The molecule has 0 unspecified atom stereocenters. The minimum absolute atomic E-state index is 0.110. The zero-order chi connectivity index (χ0) is 12.5. The Hall–Kier alpha value is -1.17. The topological polar surface area (TPSA) is 57.6 Å². The summed E-state index contributed by atoms with van der Waals surface area (Å²) >= 11 is 0. The fourth-order valence-electron chi connectivity index (χ4n) is 1.69. The van der Waals surface area contributed by atoms with E-state index in [0.29, 0.717) is 13.2 Å². The number of anilines is 1. The molecule has 0 aliphatic carbocycles. The van der Waals surface area contributed by atoms with Crippen LogP contribution in [-0.2, 0) is 11.3 Å². The third kappa shape index (κ3) is 4.30. The molecule has 0 aromatic carbocycles. The van der Waals surface area contributed by atoms with Gasteiger partial charge in [0.25, 0.3) is 0 Å². The molecule has 1 aromatic rings. The molecule has 0 radical (unpaired) electrons. The number of nitrogens with one attached hydrogen (secondary N) is 1. The predicted molar refractivity (Wildman–Crippen MR) is 68.2 cm³/mol. The Morgan fingerprint density at radius 2 is 2.29 bits per heavy atom. The van der Waals surface area contributed by atoms with Gasteiger partial charge in [-0.2, -0.15) is 0 Å². The van der Waals surface area contributed by atoms with Gasteiger partial charge in [0.15, 0.2) is 0 Å². The Balaban J connectivity index is 2.83. The van der Waals surface area contributed by atoms with Gasteiger partial charge in [0.1, 0.15) is 5.82 Å². The van der Waals surface area contributed by atoms with Gasteiger partial charge in [0, 0.05) is 38.5 Å². The average molecular weight is 239 g/mol. The SMILES string of the molecule is CNCc1cccnc1N(CCO)CCOC. The third-order valence-corrected chi connectivity index (χ3v) is 2.47. The number of aliphatic hydroxyl groups excluding tert-OH is 1. The Bertz CT molecular complexity index is 320. The van der Waals surface area contributed by atoms with Crippen LogP contribution in [0.2, 0.25) is 0 Å². The molecule has 0 aliphatic rings. The van der Waals surface area contributed by atoms with Crippen molar-refractivity contribution in [2.45, 2.75) is 6.54 Å². The molecule has 5 nitrogen and oxygen atoms in total. The van der Waals surface area contributed by atoms with E-state index in [2.05, 4.69) is 10.3 Å². The summed E-state index contributed by atoms with van der Waals surface area (Å²) in [4.78, 5) is 6.43. The second-order valence-electron chi connectivity index (χ2n) is 3.72. The maximum atomic E-state index is 9.09. The highest BCUT2D eigenvalue weighted by atomic mass is 16.5. The first-order chi connectivity index (χ1) is 8.33. The van der Waals surface area contributed by atoms with Crippen molar-refractivity contribution in [2.75, 3.05) is 45.4 Å². The van der Waals surface area contributed by atoms with Crippen LogP contribution >= 0.6 is 0 Å². The van der Waals surface area contributed by atoms with E-state index in [4.69, 9.17) is 9.84 Å². The Kier molecular flexibility index (Phi) is 6.54. The molecular formula is C12H21N3O2. The van der Waals surface area contributed by atoms with Gasteiger partial charge in [-0.3, -0.25) is 0 Å². The van der Waals surface area contributed by atoms with E-state index in [-0.39, 0.29) is 6.61 Å². The second-order valence-corrected chi connectivity index (χ2v) is 3.72. The van der Waals surface area contributed by atoms with Gasteiger partial charge in [-0.15, -0.1) is 0 Å². The fraction of sp³-hybridized carbons (Fsp3) is 0.583. The molecule has 1 heterocycles. The number of hydrogen-bond acceptors (Lipinski definition) is 5. The first kappa shape index (κ1) is 13.9. The smallest absolute Gasteiger partial charge is 0.133 e. The molecular weight excluding hydrogens is 218 g/mol. The summed E-state index contributed by atoms with van der Waals surface area (Å²) in [6.07, 6.45) is 1.77. The van der Waals surface area contributed by atoms with E-state index in [1.165, 1.54) is 0 Å². The van der Waals surface area contributed by atoms with Crippen LogP contribution in [0.5, 0.6) is 0 Å². The summed E-state index contributed by atoms with van der Waals surface area (Å²) in [5, 5.41) is 12.2. The summed E-state index contributed by atoms with van der Waals surface area (Å²) in [5.41, 5.74) is 1.12. The molecule has 0 saturated carbocycles. The quantitative estimate of drug-likeness (QED) is 0.681. The Morgan fingerprint density at radius 3 is 2.94 bits per heavy atom. The van der Waals surface area contributed by atoms with Crippen LogP contribution in [0.25, 0.3) is 0 Å². The van der Waals surface area contributed by atoms with Gasteiger partial charge in [-0.1, -0.05) is 6.07 Å². The predicted octanol–water partition coefficient (Wildman–Crippen LogP) is 0.246. The van der Waals surface area contributed by atoms with Crippen molar-refractivity contribution in [3.63, 3.8) is 0 Å². The summed E-state index contributed by atoms with van der Waals surface area (Å²) in [7, 11) is 3.58. The van der Waals surface area contributed by atoms with Crippen LogP contribution in [0.3, 0.4) is 0 Å². The number of aromatic nitrogens is 1. The third-order valence-electron chi connectivity index (χ3n) is 2.47. The Labute approximate surface area is 102 Å². The van der Waals surface area contributed by atoms with Crippen LogP contribution in [-0.4, -0.2) is 50.6 Å². The number of ether oxygens (including phenoxy) is 1. The maximum Gasteiger partial charge on any atom is 0.133 e. The highest BCUT2D eigenvalue weighted by Crippen LogP contribution is 2.16. The van der Waals surface area contributed by atoms with E-state index < -0.39 is 0 Å². The van der Waals surface area contributed by atoms with Crippen molar-refractivity contribution in [2.24, 2.45) is 0 Å². The van der Waals surface area contributed by atoms with E-state index in [9.17, 15) is 0 Å². The number of methoxy groups -OCH3 is 1. The van der Waals surface area contributed by atoms with Crippen LogP contribution in [0.4, 0.5) is 5.82 Å². The second kappa shape index (κ2) is 8.00. The molecule has 0 saturated heterocycles. The molecule has 17 heavy (non-hydrogen) atoms. The molecule has 0 bridgehead atoms. The largest absolute Gasteiger partial charge is 0.395 e. The van der Waals surface area contributed by atoms with Crippen LogP contribution in [0, 0.1) is 0 Å². The molecule has 0 aliphatic heterocycles. The van der Waals surface area contributed by atoms with Crippen molar-refractivity contribution in [1.82, 2.24) is 10.3 Å². The molecule has 0 fully saturated rings. The van der Waals surface area contributed by atoms with Crippen molar-refractivity contribution in [3.8, 4) is 0 Å². The molecule has 0 spiro atoms. The van der Waals surface area contributed by atoms with Crippen LogP contribution < -0.4 is 10.2 Å². The Morgan fingerprint density at radius 1 is 1.47 bits per heavy atom. The lowest BCUT2D eigenvalue weighted by atomic mass is 10.2. The number of nitrogens with zero attached hydrogens (tertiary/aromatic N) is 2. The van der Waals surface area contributed by atoms with Crippen molar-refractivity contribution in [1.29, 1.82) is 0 Å². The lowest BCUT2D eigenvalue weighted by Gasteiger charge is -2.24. The molecule has 5 heteroatoms. The maximum absolute atomic E-state index is 9.09. The summed E-state index contributed by atoms with van der Waals surface area (Å²) in [6, 6.07) is 3.96. The molecule has 96 valence electrons. The fourth-order valence-corrected chi connectivity index (χ4v) is 1.69. The van der Waals surface area contributed by atoms with Crippen molar-refractivity contribution < 1.29 is 9.84 Å². The molecule has 2 N–H and O–H groups in total. The molecule has 1 aromatic heterocycles. The molecule has 0 amide bonds. The minimum atomic E-state index is 0.110. The zero-order valence-corrected chi connectivity index (χ0v) is 10.5. The monoisotopic (exact) mass is 239 g/mol. The average Bonchev–Trinajstić information content (AvgIpc) is 2.36. The standard InChI is InChI=1S/C12H21N3O2/c1-13-10-11-4-3-5-14-12(11)15(6-8-16)7-9-17-2/h3-5,13,16H,6-10H2,1-2H3. The van der Waals surface area contributed by atoms with Crippen LogP contribution in [0.1, 0.15) is 5.56 Å². The first-order valence-corrected chi connectivity index (χ1v) is 5.76. The molecule has 1 rings (SSSR count). The van der Waals surface area contributed by atoms with Gasteiger partial charge in [0.05, 0.1) is 13.2 Å². The van der Waals surface area contributed by atoms with Crippen molar-refractivity contribution in [3.05, 3.63) is 23.9 Å². The van der Waals surface area contributed by atoms with Gasteiger partial charge in [-0.05, 0) is 13.1 Å². The van der Waals surface area contributed by atoms with E-state index in [0.717, 1.165) is 24.5 Å². The lowest BCUT2D eigenvalue weighted by Crippen LogP contribution is -2.32. The van der Waals surface area contributed by atoms with Gasteiger partial charge >= 0.3 is 0 Å². The number of aliphatic hydroxyl groups is 1. The normalized spacial score (nSPS) is 10.5. The number of pyridine rings is 1. The van der Waals surface area contributed by atoms with E-state index in [1.807, 2.05) is 24.1 Å². The summed E-state index contributed by atoms with van der Waals surface area (Å²) in [5.74, 6) is 0.910. The highest BCUT2D eigenvalue weighted by molar-refractivity contribution is 5.46. The van der Waals surface area contributed by atoms with Crippen molar-refractivity contribution >= 4 is 5.82 Å². The zero-order valence-electron chi connectivity index (χ0n) is 10.5. The first-order valence-electron chi connectivity index (χ1n) is 5.76. The number of rotatable bonds is 8. The van der Waals surface area contributed by atoms with Gasteiger partial charge < -0.3 is 20.1 Å². The van der Waals surface area contributed by atoms with E-state index >= 15 is 0 Å². The lowest BCUT2D eigenvalue weighted by molar-refractivity contribution is 0.202. The van der Waals surface area contributed by atoms with E-state index in [1.54, 1.807) is 13.3 Å². The summed E-state index contributed by atoms with van der Waals surface area (Å²) < 4.78 is 5.07. The van der Waals surface area contributed by atoms with Gasteiger partial charge in [-0.25, -0.2) is 4.98 Å². The minimum Gasteiger partial charge on any atom is -0.395 e. The number of hydrogen-bond donors (Lipinski definition) is 2. The van der Waals surface area contributed by atoms with Crippen LogP contribution in [0.15, 0.2) is 18.3 Å².